The van der Waals surface area contributed by atoms with Gasteiger partial charge in [0.2, 0.25) is 0 Å². The van der Waals surface area contributed by atoms with Crippen molar-refractivity contribution >= 4 is 18.4 Å². The SMILES string of the molecule is CCCC[C](CCC)(CCCC)[Sn]([CH3])([CH2]c1ccc(OC)cc1)[CH2]c1ccc(OC)cc1. The minimum absolute atomic E-state index is 0.551. The molecule has 0 saturated heterocycles. The molecule has 0 aliphatic rings. The topological polar surface area (TPSA) is 18.5 Å². The standard InChI is InChI=1S/C12H25.2C8H9O.CH3.Sn/c1-4-7-10-12(9-6-3)11-8-5-2;2*1-7-3-5-8(9-2)6-4-7;;/h4-11H2,1-3H3;2*3-6H,1H2,2H3;1H3;. The number of benzene rings is 2. The van der Waals surface area contributed by atoms with Crippen LogP contribution in [0.5, 0.6) is 11.5 Å². The summed E-state index contributed by atoms with van der Waals surface area (Å²) in [6.07, 6.45) is 10.8. The van der Waals surface area contributed by atoms with Gasteiger partial charge in [0.25, 0.3) is 0 Å². The average molecular weight is 545 g/mol. The molecule has 0 aromatic heterocycles. The van der Waals surface area contributed by atoms with Crippen LogP contribution in [0.2, 0.25) is 8.37 Å². The fourth-order valence-electron chi connectivity index (χ4n) is 5.61. The van der Waals surface area contributed by atoms with Crippen molar-refractivity contribution in [1.82, 2.24) is 0 Å². The molecule has 0 heterocycles. The van der Waals surface area contributed by atoms with E-state index in [2.05, 4.69) is 74.2 Å². The Kier molecular flexibility index (Phi) is 11.4. The Bertz CT molecular complexity index is 709. The molecule has 0 aliphatic heterocycles. The van der Waals surface area contributed by atoms with Crippen molar-refractivity contribution in [3.05, 3.63) is 59.7 Å². The number of unbranched alkanes of at least 4 members (excludes halogenated alkanes) is 2. The number of rotatable bonds is 15. The Balaban J connectivity index is 2.50. The van der Waals surface area contributed by atoms with Crippen LogP contribution in [0.1, 0.15) is 83.3 Å². The van der Waals surface area contributed by atoms with E-state index in [1.165, 1.54) is 71.4 Å². The molecule has 0 aliphatic carbocycles. The van der Waals surface area contributed by atoms with Crippen LogP contribution in [-0.4, -0.2) is 32.6 Å². The van der Waals surface area contributed by atoms with E-state index in [1.807, 2.05) is 0 Å². The number of methoxy groups -OCH3 is 2. The average Bonchev–Trinajstić information content (AvgIpc) is 2.81. The van der Waals surface area contributed by atoms with Crippen LogP contribution in [0, 0.1) is 0 Å². The summed E-state index contributed by atoms with van der Waals surface area (Å²) in [6, 6.07) is 17.9. The van der Waals surface area contributed by atoms with Gasteiger partial charge in [-0.25, -0.2) is 0 Å². The second kappa shape index (κ2) is 13.5. The molecule has 0 unspecified atom stereocenters. The summed E-state index contributed by atoms with van der Waals surface area (Å²) in [5.41, 5.74) is 3.01. The third kappa shape index (κ3) is 7.17. The van der Waals surface area contributed by atoms with E-state index < -0.39 is 18.4 Å². The quantitative estimate of drug-likeness (QED) is 0.209. The molecule has 0 saturated carbocycles. The third-order valence-electron chi connectivity index (χ3n) is 7.53. The van der Waals surface area contributed by atoms with Crippen molar-refractivity contribution in [1.29, 1.82) is 0 Å². The van der Waals surface area contributed by atoms with Gasteiger partial charge in [-0.1, -0.05) is 0 Å². The summed E-state index contributed by atoms with van der Waals surface area (Å²) >= 11 is -2.73. The normalized spacial score (nSPS) is 12.1. The summed E-state index contributed by atoms with van der Waals surface area (Å²) in [5, 5.41) is 0. The van der Waals surface area contributed by atoms with E-state index in [-0.39, 0.29) is 0 Å². The molecule has 3 heteroatoms. The number of hydrogen-bond donors (Lipinski definition) is 0. The zero-order chi connectivity index (χ0) is 23.5. The Morgan fingerprint density at radius 2 is 1.03 bits per heavy atom. The van der Waals surface area contributed by atoms with Crippen LogP contribution in [0.3, 0.4) is 0 Å². The molecule has 2 aromatic rings. The molecule has 0 bridgehead atoms. The molecule has 0 fully saturated rings. The first-order chi connectivity index (χ1) is 15.5. The molecular weight excluding hydrogens is 499 g/mol. The monoisotopic (exact) mass is 546 g/mol. The molecule has 2 aromatic carbocycles. The number of ether oxygens (including phenoxy) is 2. The van der Waals surface area contributed by atoms with Gasteiger partial charge >= 0.3 is 203 Å². The van der Waals surface area contributed by atoms with Crippen LogP contribution in [-0.2, 0) is 8.87 Å². The predicted octanol–water partition coefficient (Wildman–Crippen LogP) is 8.57. The van der Waals surface area contributed by atoms with Gasteiger partial charge in [-0.05, 0) is 0 Å². The number of hydrogen-bond acceptors (Lipinski definition) is 2. The summed E-state index contributed by atoms with van der Waals surface area (Å²) in [6.45, 7) is 7.12. The van der Waals surface area contributed by atoms with Crippen LogP contribution >= 0.6 is 0 Å². The van der Waals surface area contributed by atoms with Crippen molar-refractivity contribution in [2.45, 2.75) is 89.4 Å². The van der Waals surface area contributed by atoms with Gasteiger partial charge in [-0.2, -0.15) is 0 Å². The second-order valence-electron chi connectivity index (χ2n) is 9.85. The first-order valence-corrected chi connectivity index (χ1v) is 21.0. The van der Waals surface area contributed by atoms with Crippen LogP contribution < -0.4 is 9.47 Å². The maximum atomic E-state index is 5.43. The molecule has 2 nitrogen and oxygen atoms in total. The molecule has 0 amide bonds. The molecule has 0 atom stereocenters. The zero-order valence-electron chi connectivity index (χ0n) is 21.5. The zero-order valence-corrected chi connectivity index (χ0v) is 24.4. The maximum absolute atomic E-state index is 5.43. The molecule has 0 N–H and O–H groups in total. The summed E-state index contributed by atoms with van der Waals surface area (Å²) in [7, 11) is 3.51. The molecule has 32 heavy (non-hydrogen) atoms. The van der Waals surface area contributed by atoms with Crippen molar-refractivity contribution in [2.75, 3.05) is 14.2 Å². The fraction of sp³-hybridized carbons (Fsp3) is 0.586. The summed E-state index contributed by atoms with van der Waals surface area (Å²) < 4.78 is 14.0. The van der Waals surface area contributed by atoms with Crippen molar-refractivity contribution in [3.8, 4) is 11.5 Å². The van der Waals surface area contributed by atoms with E-state index in [1.54, 1.807) is 14.2 Å². The Morgan fingerprint density at radius 3 is 1.34 bits per heavy atom. The van der Waals surface area contributed by atoms with Crippen LogP contribution in [0.25, 0.3) is 0 Å². The van der Waals surface area contributed by atoms with Gasteiger partial charge < -0.3 is 0 Å². The van der Waals surface area contributed by atoms with Gasteiger partial charge in [0.1, 0.15) is 0 Å². The van der Waals surface area contributed by atoms with Gasteiger partial charge in [-0.15, -0.1) is 0 Å². The van der Waals surface area contributed by atoms with Gasteiger partial charge in [-0.3, -0.25) is 0 Å². The van der Waals surface area contributed by atoms with Crippen LogP contribution in [0.4, 0.5) is 0 Å². The molecule has 2 rings (SSSR count). The summed E-state index contributed by atoms with van der Waals surface area (Å²) in [5.74, 6) is 1.91. The third-order valence-corrected chi connectivity index (χ3v) is 23.8. The Labute approximate surface area is 202 Å². The fourth-order valence-corrected chi connectivity index (χ4v) is 21.5. The van der Waals surface area contributed by atoms with E-state index in [9.17, 15) is 0 Å². The Morgan fingerprint density at radius 1 is 0.625 bits per heavy atom. The molecule has 178 valence electrons. The van der Waals surface area contributed by atoms with Gasteiger partial charge in [0.05, 0.1) is 0 Å². The Hall–Kier alpha value is -1.16. The summed E-state index contributed by atoms with van der Waals surface area (Å²) in [4.78, 5) is 2.78. The second-order valence-corrected chi connectivity index (χ2v) is 23.8. The van der Waals surface area contributed by atoms with Crippen molar-refractivity contribution < 1.29 is 9.47 Å². The minimum atomic E-state index is -2.73. The predicted molar refractivity (Wildman–Crippen MR) is 142 cm³/mol. The molecule has 0 spiro atoms. The van der Waals surface area contributed by atoms with Crippen LogP contribution in [0.15, 0.2) is 48.5 Å². The first-order valence-electron chi connectivity index (χ1n) is 12.7. The van der Waals surface area contributed by atoms with E-state index in [0.29, 0.717) is 3.43 Å². The molecular formula is C29H46O2Sn. The van der Waals surface area contributed by atoms with E-state index in [4.69, 9.17) is 9.47 Å². The van der Waals surface area contributed by atoms with Crippen molar-refractivity contribution in [2.24, 2.45) is 0 Å². The molecule has 0 radical (unpaired) electrons. The van der Waals surface area contributed by atoms with E-state index in [0.717, 1.165) is 11.5 Å². The van der Waals surface area contributed by atoms with E-state index >= 15 is 0 Å². The van der Waals surface area contributed by atoms with Gasteiger partial charge in [0.15, 0.2) is 0 Å². The van der Waals surface area contributed by atoms with Crippen molar-refractivity contribution in [3.63, 3.8) is 0 Å². The first kappa shape index (κ1) is 27.1. The van der Waals surface area contributed by atoms with Gasteiger partial charge in [0, 0.05) is 0 Å².